The molecule has 0 saturated carbocycles. The maximum Gasteiger partial charge on any atom is 0.302 e. The molecule has 0 saturated heterocycles. The minimum absolute atomic E-state index is 0.0352. The second kappa shape index (κ2) is 9.42. The van der Waals surface area contributed by atoms with Crippen LogP contribution in [0.3, 0.4) is 0 Å². The van der Waals surface area contributed by atoms with Crippen LogP contribution in [-0.4, -0.2) is 31.1 Å². The molecule has 0 aliphatic rings. The molecule has 1 rings (SSSR count). The fourth-order valence-electron chi connectivity index (χ4n) is 2.36. The summed E-state index contributed by atoms with van der Waals surface area (Å²) in [7, 11) is 0. The van der Waals surface area contributed by atoms with Crippen LogP contribution < -0.4 is 5.73 Å². The van der Waals surface area contributed by atoms with Gasteiger partial charge in [0, 0.05) is 30.2 Å². The first-order chi connectivity index (χ1) is 11.2. The Balaban J connectivity index is 2.94. The van der Waals surface area contributed by atoms with E-state index in [0.29, 0.717) is 12.8 Å². The summed E-state index contributed by atoms with van der Waals surface area (Å²) >= 11 is 3.41. The highest BCUT2D eigenvalue weighted by Crippen LogP contribution is 2.30. The summed E-state index contributed by atoms with van der Waals surface area (Å²) in [6, 6.07) is 7.75. The quantitative estimate of drug-likeness (QED) is 0.642. The van der Waals surface area contributed by atoms with Crippen LogP contribution in [0.5, 0.6) is 0 Å². The summed E-state index contributed by atoms with van der Waals surface area (Å²) in [5.74, 6) is -1.47. The Bertz CT molecular complexity index is 584. The molecule has 1 amide bonds. The first-order valence-electron chi connectivity index (χ1n) is 7.52. The molecule has 1 aromatic rings. The first-order valence-corrected chi connectivity index (χ1v) is 8.31. The van der Waals surface area contributed by atoms with Crippen molar-refractivity contribution in [1.82, 2.24) is 0 Å². The van der Waals surface area contributed by atoms with Crippen LogP contribution in [0.4, 0.5) is 0 Å². The van der Waals surface area contributed by atoms with E-state index in [0.717, 1.165) is 10.0 Å². The first kappa shape index (κ1) is 20.2. The number of ether oxygens (including phenoxy) is 2. The van der Waals surface area contributed by atoms with Crippen LogP contribution in [0.2, 0.25) is 0 Å². The van der Waals surface area contributed by atoms with Gasteiger partial charge in [-0.05, 0) is 30.5 Å². The van der Waals surface area contributed by atoms with Crippen LogP contribution in [0.1, 0.15) is 32.3 Å². The van der Waals surface area contributed by atoms with E-state index in [1.54, 1.807) is 0 Å². The number of halogens is 1. The minimum atomic E-state index is -0.842. The van der Waals surface area contributed by atoms with Gasteiger partial charge in [-0.25, -0.2) is 0 Å². The Hall–Kier alpha value is -1.89. The van der Waals surface area contributed by atoms with Gasteiger partial charge < -0.3 is 15.2 Å². The van der Waals surface area contributed by atoms with Gasteiger partial charge in [-0.1, -0.05) is 28.1 Å². The Morgan fingerprint density at radius 3 is 2.17 bits per heavy atom. The number of amides is 1. The number of hydrogen-bond acceptors (Lipinski definition) is 5. The number of carbonyl (C=O) groups excluding carboxylic acids is 3. The van der Waals surface area contributed by atoms with E-state index in [-0.39, 0.29) is 19.6 Å². The van der Waals surface area contributed by atoms with E-state index in [2.05, 4.69) is 15.9 Å². The third-order valence-electron chi connectivity index (χ3n) is 3.55. The van der Waals surface area contributed by atoms with E-state index < -0.39 is 23.3 Å². The van der Waals surface area contributed by atoms with Gasteiger partial charge in [-0.15, -0.1) is 0 Å². The molecule has 0 bridgehead atoms. The Morgan fingerprint density at radius 2 is 1.71 bits per heavy atom. The predicted octanol–water partition coefficient (Wildman–Crippen LogP) is 2.37. The van der Waals surface area contributed by atoms with Crippen molar-refractivity contribution in [2.24, 2.45) is 11.1 Å². The highest BCUT2D eigenvalue weighted by atomic mass is 79.9. The number of rotatable bonds is 9. The van der Waals surface area contributed by atoms with E-state index in [1.165, 1.54) is 13.8 Å². The van der Waals surface area contributed by atoms with E-state index in [1.807, 2.05) is 24.3 Å². The smallest absolute Gasteiger partial charge is 0.302 e. The fraction of sp³-hybridized carbons (Fsp3) is 0.471. The number of carbonyl (C=O) groups is 3. The van der Waals surface area contributed by atoms with Crippen LogP contribution >= 0.6 is 15.9 Å². The van der Waals surface area contributed by atoms with Crippen molar-refractivity contribution in [2.75, 3.05) is 13.2 Å². The molecule has 0 aromatic heterocycles. The fourth-order valence-corrected chi connectivity index (χ4v) is 2.80. The molecule has 24 heavy (non-hydrogen) atoms. The van der Waals surface area contributed by atoms with Gasteiger partial charge in [-0.3, -0.25) is 14.4 Å². The second-order valence-corrected chi connectivity index (χ2v) is 6.75. The molecule has 0 radical (unpaired) electrons. The van der Waals surface area contributed by atoms with Crippen molar-refractivity contribution in [3.8, 4) is 0 Å². The zero-order valence-corrected chi connectivity index (χ0v) is 15.4. The van der Waals surface area contributed by atoms with Crippen LogP contribution in [0, 0.1) is 5.41 Å². The second-order valence-electron chi connectivity index (χ2n) is 5.83. The molecule has 0 unspecified atom stereocenters. The summed E-state index contributed by atoms with van der Waals surface area (Å²) in [6.07, 6.45) is 1.06. The van der Waals surface area contributed by atoms with E-state index in [9.17, 15) is 14.4 Å². The normalized spacial score (nSPS) is 11.0. The van der Waals surface area contributed by atoms with Crippen molar-refractivity contribution in [1.29, 1.82) is 0 Å². The molecule has 7 heteroatoms. The standard InChI is InChI=1S/C17H22BrNO5/c1-12(20)23-10-17(9-16(19)22,11-24-13(2)21)7-6-14-4-3-5-15(18)8-14/h3-5,8H,6-7,9-11H2,1-2H3,(H2,19,22). The van der Waals surface area contributed by atoms with Crippen molar-refractivity contribution in [3.05, 3.63) is 34.3 Å². The zero-order chi connectivity index (χ0) is 18.2. The lowest BCUT2D eigenvalue weighted by Gasteiger charge is -2.31. The van der Waals surface area contributed by atoms with Gasteiger partial charge >= 0.3 is 11.9 Å². The maximum absolute atomic E-state index is 11.5. The third kappa shape index (κ3) is 7.59. The zero-order valence-electron chi connectivity index (χ0n) is 13.8. The number of hydrogen-bond donors (Lipinski definition) is 1. The average molecular weight is 400 g/mol. The molecule has 0 fully saturated rings. The molecular weight excluding hydrogens is 378 g/mol. The van der Waals surface area contributed by atoms with Crippen molar-refractivity contribution in [3.63, 3.8) is 0 Å². The third-order valence-corrected chi connectivity index (χ3v) is 4.04. The monoisotopic (exact) mass is 399 g/mol. The van der Waals surface area contributed by atoms with Crippen LogP contribution in [0.25, 0.3) is 0 Å². The molecule has 0 heterocycles. The van der Waals surface area contributed by atoms with E-state index >= 15 is 0 Å². The predicted molar refractivity (Wildman–Crippen MR) is 92.0 cm³/mol. The molecule has 132 valence electrons. The van der Waals surface area contributed by atoms with Gasteiger partial charge in [-0.2, -0.15) is 0 Å². The SMILES string of the molecule is CC(=O)OCC(CCc1cccc(Br)c1)(COC(C)=O)CC(N)=O. The summed E-state index contributed by atoms with van der Waals surface area (Å²) in [5, 5.41) is 0. The van der Waals surface area contributed by atoms with Crippen molar-refractivity contribution < 1.29 is 23.9 Å². The summed E-state index contributed by atoms with van der Waals surface area (Å²) in [5.41, 5.74) is 5.56. The Kier molecular flexibility index (Phi) is 7.91. The highest BCUT2D eigenvalue weighted by Gasteiger charge is 2.35. The number of benzene rings is 1. The molecule has 6 nitrogen and oxygen atoms in total. The average Bonchev–Trinajstić information content (AvgIpc) is 2.48. The molecule has 2 N–H and O–H groups in total. The lowest BCUT2D eigenvalue weighted by molar-refractivity contribution is -0.154. The summed E-state index contributed by atoms with van der Waals surface area (Å²) < 4.78 is 11.2. The number of aryl methyl sites for hydroxylation is 1. The minimum Gasteiger partial charge on any atom is -0.465 e. The lowest BCUT2D eigenvalue weighted by Crippen LogP contribution is -2.38. The molecule has 0 atom stereocenters. The van der Waals surface area contributed by atoms with Crippen molar-refractivity contribution >= 4 is 33.8 Å². The van der Waals surface area contributed by atoms with Crippen LogP contribution in [-0.2, 0) is 30.3 Å². The molecule has 0 spiro atoms. The number of nitrogens with two attached hydrogens (primary N) is 1. The molecule has 0 aliphatic carbocycles. The largest absolute Gasteiger partial charge is 0.465 e. The highest BCUT2D eigenvalue weighted by molar-refractivity contribution is 9.10. The maximum atomic E-state index is 11.5. The summed E-state index contributed by atoms with van der Waals surface area (Å²) in [4.78, 5) is 33.9. The molecule has 0 aliphatic heterocycles. The van der Waals surface area contributed by atoms with E-state index in [4.69, 9.17) is 15.2 Å². The van der Waals surface area contributed by atoms with Crippen LogP contribution in [0.15, 0.2) is 28.7 Å². The van der Waals surface area contributed by atoms with Gasteiger partial charge in [0.15, 0.2) is 0 Å². The topological polar surface area (TPSA) is 95.7 Å². The van der Waals surface area contributed by atoms with Crippen molar-refractivity contribution in [2.45, 2.75) is 33.1 Å². The molecular formula is C17H22BrNO5. The van der Waals surface area contributed by atoms with Gasteiger partial charge in [0.05, 0.1) is 0 Å². The Morgan fingerprint density at radius 1 is 1.12 bits per heavy atom. The Labute approximate surface area is 149 Å². The van der Waals surface area contributed by atoms with Gasteiger partial charge in [0.2, 0.25) is 5.91 Å². The van der Waals surface area contributed by atoms with Gasteiger partial charge in [0.25, 0.3) is 0 Å². The lowest BCUT2D eigenvalue weighted by atomic mass is 9.80. The summed E-state index contributed by atoms with van der Waals surface area (Å²) in [6.45, 7) is 2.50. The van der Waals surface area contributed by atoms with Gasteiger partial charge in [0.1, 0.15) is 13.2 Å². The number of primary amides is 1. The molecule has 1 aromatic carbocycles. The number of esters is 2.